The van der Waals surface area contributed by atoms with Crippen molar-refractivity contribution >= 4 is 0 Å². The zero-order valence-corrected chi connectivity index (χ0v) is 14.4. The molecule has 21 heavy (non-hydrogen) atoms. The van der Waals surface area contributed by atoms with E-state index in [4.69, 9.17) is 0 Å². The molecule has 0 amide bonds. The van der Waals surface area contributed by atoms with Crippen LogP contribution in [0.25, 0.3) is 0 Å². The molecule has 1 aliphatic heterocycles. The average Bonchev–Trinajstić information content (AvgIpc) is 2.53. The topological polar surface area (TPSA) is 35.5 Å². The zero-order valence-electron chi connectivity index (χ0n) is 14.4. The second kappa shape index (κ2) is 8.50. The van der Waals surface area contributed by atoms with Crippen molar-refractivity contribution in [1.29, 1.82) is 0 Å². The number of hydrogen-bond acceptors (Lipinski definition) is 3. The Bertz CT molecular complexity index is 270. The van der Waals surface area contributed by atoms with Gasteiger partial charge in [0.1, 0.15) is 0 Å². The van der Waals surface area contributed by atoms with Crippen LogP contribution in [-0.4, -0.2) is 47.3 Å². The average molecular weight is 296 g/mol. The maximum absolute atomic E-state index is 10.3. The van der Waals surface area contributed by atoms with Gasteiger partial charge in [-0.3, -0.25) is 4.90 Å². The lowest BCUT2D eigenvalue weighted by molar-refractivity contribution is 0.0183. The molecular formula is C18H36N2O. The number of nitrogens with one attached hydrogen (secondary N) is 1. The van der Waals surface area contributed by atoms with Crippen molar-refractivity contribution in [1.82, 2.24) is 10.2 Å². The van der Waals surface area contributed by atoms with Gasteiger partial charge in [-0.2, -0.15) is 0 Å². The van der Waals surface area contributed by atoms with Gasteiger partial charge in [0.25, 0.3) is 0 Å². The number of rotatable bonds is 6. The van der Waals surface area contributed by atoms with Crippen LogP contribution in [0.1, 0.15) is 72.1 Å². The Morgan fingerprint density at radius 1 is 1.05 bits per heavy atom. The summed E-state index contributed by atoms with van der Waals surface area (Å²) in [5, 5.41) is 14.2. The molecule has 2 N–H and O–H groups in total. The minimum Gasteiger partial charge on any atom is -0.393 e. The van der Waals surface area contributed by atoms with Crippen molar-refractivity contribution in [2.24, 2.45) is 5.92 Å². The van der Waals surface area contributed by atoms with Gasteiger partial charge in [0, 0.05) is 31.2 Å². The molecule has 4 atom stereocenters. The molecule has 1 aliphatic carbocycles. The molecule has 124 valence electrons. The van der Waals surface area contributed by atoms with Crippen LogP contribution in [0.3, 0.4) is 0 Å². The Hall–Kier alpha value is -0.120. The lowest BCUT2D eigenvalue weighted by Crippen LogP contribution is -2.56. The van der Waals surface area contributed by atoms with E-state index >= 15 is 0 Å². The lowest BCUT2D eigenvalue weighted by Gasteiger charge is -2.44. The highest BCUT2D eigenvalue weighted by atomic mass is 16.3. The van der Waals surface area contributed by atoms with E-state index in [-0.39, 0.29) is 6.10 Å². The van der Waals surface area contributed by atoms with Gasteiger partial charge in [0.05, 0.1) is 6.10 Å². The van der Waals surface area contributed by atoms with Gasteiger partial charge in [0.15, 0.2) is 0 Å². The molecule has 2 rings (SSSR count). The van der Waals surface area contributed by atoms with Crippen LogP contribution >= 0.6 is 0 Å². The maximum Gasteiger partial charge on any atom is 0.0578 e. The first kappa shape index (κ1) is 17.2. The highest BCUT2D eigenvalue weighted by molar-refractivity contribution is 4.90. The summed E-state index contributed by atoms with van der Waals surface area (Å²) in [6, 6.07) is 1.93. The fraction of sp³-hybridized carbons (Fsp3) is 1.00. The van der Waals surface area contributed by atoms with Crippen molar-refractivity contribution in [3.63, 3.8) is 0 Å². The van der Waals surface area contributed by atoms with Crippen molar-refractivity contribution < 1.29 is 5.11 Å². The summed E-state index contributed by atoms with van der Waals surface area (Å²) in [6.07, 6.45) is 9.99. The molecule has 1 saturated carbocycles. The Kier molecular flexibility index (Phi) is 6.97. The van der Waals surface area contributed by atoms with Crippen LogP contribution in [0.4, 0.5) is 0 Å². The molecular weight excluding hydrogens is 260 g/mol. The normalized spacial score (nSPS) is 32.0. The summed E-state index contributed by atoms with van der Waals surface area (Å²) in [5.41, 5.74) is 0. The summed E-state index contributed by atoms with van der Waals surface area (Å²) in [7, 11) is 0. The minimum atomic E-state index is -0.132. The van der Waals surface area contributed by atoms with Crippen LogP contribution in [0.15, 0.2) is 0 Å². The molecule has 0 bridgehead atoms. The van der Waals surface area contributed by atoms with E-state index in [1.165, 1.54) is 45.1 Å². The van der Waals surface area contributed by atoms with Crippen LogP contribution in [0.2, 0.25) is 0 Å². The van der Waals surface area contributed by atoms with Crippen molar-refractivity contribution in [3.8, 4) is 0 Å². The fourth-order valence-electron chi connectivity index (χ4n) is 4.13. The van der Waals surface area contributed by atoms with E-state index in [2.05, 4.69) is 31.0 Å². The third-order valence-electron chi connectivity index (χ3n) is 5.76. The van der Waals surface area contributed by atoms with E-state index in [1.807, 2.05) is 0 Å². The number of piperidine rings is 1. The lowest BCUT2D eigenvalue weighted by atomic mass is 9.86. The monoisotopic (exact) mass is 296 g/mol. The molecule has 3 heteroatoms. The largest absolute Gasteiger partial charge is 0.393 e. The van der Waals surface area contributed by atoms with Gasteiger partial charge in [-0.25, -0.2) is 0 Å². The molecule has 4 unspecified atom stereocenters. The number of aliphatic hydroxyl groups excluding tert-OH is 1. The van der Waals surface area contributed by atoms with Gasteiger partial charge in [-0.05, 0) is 44.9 Å². The van der Waals surface area contributed by atoms with E-state index in [0.717, 1.165) is 25.4 Å². The number of hydrogen-bond donors (Lipinski definition) is 2. The Morgan fingerprint density at radius 2 is 1.76 bits per heavy atom. The fourth-order valence-corrected chi connectivity index (χ4v) is 4.13. The third kappa shape index (κ3) is 4.94. The molecule has 0 aromatic rings. The molecule has 3 nitrogen and oxygen atoms in total. The van der Waals surface area contributed by atoms with E-state index in [0.29, 0.717) is 18.0 Å². The molecule has 0 spiro atoms. The Morgan fingerprint density at radius 3 is 2.38 bits per heavy atom. The second-order valence-electron chi connectivity index (χ2n) is 7.38. The Balaban J connectivity index is 1.94. The maximum atomic E-state index is 10.3. The van der Waals surface area contributed by atoms with Crippen LogP contribution in [-0.2, 0) is 0 Å². The number of nitrogens with zero attached hydrogens (tertiary/aromatic N) is 1. The predicted octanol–water partition coefficient (Wildman–Crippen LogP) is 3.17. The van der Waals surface area contributed by atoms with Gasteiger partial charge >= 0.3 is 0 Å². The first-order valence-electron chi connectivity index (χ1n) is 9.32. The summed E-state index contributed by atoms with van der Waals surface area (Å²) in [5.74, 6) is 0.443. The van der Waals surface area contributed by atoms with Gasteiger partial charge in [0.2, 0.25) is 0 Å². The standard InChI is InChI=1S/C18H36N2O/c1-4-14(3)20-12-15(18(21)5-2)11-17(13-20)19-16-9-7-6-8-10-16/h14-19,21H,4-13H2,1-3H3. The third-order valence-corrected chi connectivity index (χ3v) is 5.76. The van der Waals surface area contributed by atoms with Gasteiger partial charge in [-0.1, -0.05) is 33.1 Å². The van der Waals surface area contributed by atoms with Crippen molar-refractivity contribution in [2.45, 2.75) is 96.4 Å². The van der Waals surface area contributed by atoms with E-state index in [9.17, 15) is 5.11 Å². The summed E-state index contributed by atoms with van der Waals surface area (Å²) >= 11 is 0. The molecule has 0 radical (unpaired) electrons. The summed E-state index contributed by atoms with van der Waals surface area (Å²) in [4.78, 5) is 2.60. The van der Waals surface area contributed by atoms with E-state index < -0.39 is 0 Å². The predicted molar refractivity (Wildman–Crippen MR) is 89.5 cm³/mol. The SMILES string of the molecule is CCC(O)C1CC(NC2CCCCC2)CN(C(C)CC)C1. The van der Waals surface area contributed by atoms with Crippen molar-refractivity contribution in [2.75, 3.05) is 13.1 Å². The van der Waals surface area contributed by atoms with Crippen LogP contribution in [0.5, 0.6) is 0 Å². The minimum absolute atomic E-state index is 0.132. The second-order valence-corrected chi connectivity index (χ2v) is 7.38. The molecule has 1 heterocycles. The molecule has 0 aromatic carbocycles. The molecule has 0 aromatic heterocycles. The number of aliphatic hydroxyl groups is 1. The summed E-state index contributed by atoms with van der Waals surface area (Å²) in [6.45, 7) is 8.95. The highest BCUT2D eigenvalue weighted by Crippen LogP contribution is 2.26. The van der Waals surface area contributed by atoms with E-state index in [1.54, 1.807) is 0 Å². The quantitative estimate of drug-likeness (QED) is 0.790. The molecule has 1 saturated heterocycles. The first-order valence-corrected chi connectivity index (χ1v) is 9.32. The first-order chi connectivity index (χ1) is 10.1. The molecule has 2 aliphatic rings. The van der Waals surface area contributed by atoms with Crippen molar-refractivity contribution in [3.05, 3.63) is 0 Å². The van der Waals surface area contributed by atoms with Crippen LogP contribution < -0.4 is 5.32 Å². The molecule has 2 fully saturated rings. The number of likely N-dealkylation sites (tertiary alicyclic amines) is 1. The van der Waals surface area contributed by atoms with Gasteiger partial charge in [-0.15, -0.1) is 0 Å². The zero-order chi connectivity index (χ0) is 15.2. The Labute approximate surface area is 131 Å². The smallest absolute Gasteiger partial charge is 0.0578 e. The highest BCUT2D eigenvalue weighted by Gasteiger charge is 2.33. The summed E-state index contributed by atoms with van der Waals surface area (Å²) < 4.78 is 0. The van der Waals surface area contributed by atoms with Gasteiger partial charge < -0.3 is 10.4 Å². The van der Waals surface area contributed by atoms with Crippen LogP contribution in [0, 0.1) is 5.92 Å².